The molecule has 0 unspecified atom stereocenters. The molecule has 7 nitrogen and oxygen atoms in total. The minimum atomic E-state index is -0.311. The number of methoxy groups -OCH3 is 1. The van der Waals surface area contributed by atoms with Gasteiger partial charge in [-0.1, -0.05) is 11.3 Å². The predicted octanol–water partition coefficient (Wildman–Crippen LogP) is 2.83. The highest BCUT2D eigenvalue weighted by Gasteiger charge is 2.10. The molecule has 0 aromatic carbocycles. The van der Waals surface area contributed by atoms with Gasteiger partial charge in [0.25, 0.3) is 0 Å². The van der Waals surface area contributed by atoms with Crippen LogP contribution in [-0.4, -0.2) is 41.2 Å². The molecule has 0 radical (unpaired) electrons. The predicted molar refractivity (Wildman–Crippen MR) is 94.3 cm³/mol. The number of amides is 2. The van der Waals surface area contributed by atoms with Crippen molar-refractivity contribution in [2.75, 3.05) is 25.6 Å². The van der Waals surface area contributed by atoms with Crippen molar-refractivity contribution in [1.82, 2.24) is 20.3 Å². The fourth-order valence-electron chi connectivity index (χ4n) is 2.13. The van der Waals surface area contributed by atoms with Gasteiger partial charge in [0.2, 0.25) is 0 Å². The van der Waals surface area contributed by atoms with E-state index in [4.69, 9.17) is 4.74 Å². The van der Waals surface area contributed by atoms with E-state index in [1.165, 1.54) is 11.3 Å². The summed E-state index contributed by atoms with van der Waals surface area (Å²) in [6, 6.07) is 5.52. The smallest absolute Gasteiger partial charge is 0.321 e. The molecule has 3 aromatic heterocycles. The molecule has 2 amide bonds. The van der Waals surface area contributed by atoms with Gasteiger partial charge in [-0.25, -0.2) is 14.8 Å². The van der Waals surface area contributed by atoms with Crippen LogP contribution in [0.25, 0.3) is 21.6 Å². The van der Waals surface area contributed by atoms with Crippen LogP contribution in [0, 0.1) is 6.92 Å². The number of carbonyl (C=O) groups excluding carboxylic acids is 1. The van der Waals surface area contributed by atoms with E-state index in [2.05, 4.69) is 25.6 Å². The summed E-state index contributed by atoms with van der Waals surface area (Å²) in [6.07, 6.45) is 3.59. The number of urea groups is 1. The molecule has 8 heteroatoms. The van der Waals surface area contributed by atoms with Crippen LogP contribution in [0.15, 0.2) is 30.6 Å². The van der Waals surface area contributed by atoms with Crippen LogP contribution in [0.2, 0.25) is 0 Å². The number of hydrogen-bond donors (Lipinski definition) is 2. The lowest BCUT2D eigenvalue weighted by Crippen LogP contribution is -2.31. The molecular formula is C16H17N5O2S. The van der Waals surface area contributed by atoms with Gasteiger partial charge in [-0.05, 0) is 30.7 Å². The van der Waals surface area contributed by atoms with Crippen LogP contribution >= 0.6 is 11.3 Å². The van der Waals surface area contributed by atoms with Crippen LogP contribution in [0.5, 0.6) is 0 Å². The first-order valence-corrected chi connectivity index (χ1v) is 8.21. The van der Waals surface area contributed by atoms with E-state index < -0.39 is 0 Å². The summed E-state index contributed by atoms with van der Waals surface area (Å²) in [4.78, 5) is 25.7. The molecule has 3 rings (SSSR count). The summed E-state index contributed by atoms with van der Waals surface area (Å²) in [6.45, 7) is 2.89. The van der Waals surface area contributed by atoms with Crippen LogP contribution in [0.4, 0.5) is 9.93 Å². The van der Waals surface area contributed by atoms with E-state index in [9.17, 15) is 4.79 Å². The Morgan fingerprint density at radius 3 is 2.96 bits per heavy atom. The van der Waals surface area contributed by atoms with Gasteiger partial charge >= 0.3 is 6.03 Å². The molecule has 0 aliphatic rings. The zero-order valence-electron chi connectivity index (χ0n) is 13.4. The Kier molecular flexibility index (Phi) is 4.97. The minimum absolute atomic E-state index is 0.311. The third-order valence-corrected chi connectivity index (χ3v) is 4.12. The van der Waals surface area contributed by atoms with Gasteiger partial charge in [-0.2, -0.15) is 0 Å². The van der Waals surface area contributed by atoms with Gasteiger partial charge in [0.1, 0.15) is 10.3 Å². The summed E-state index contributed by atoms with van der Waals surface area (Å²) < 4.78 is 4.88. The maximum atomic E-state index is 11.8. The maximum Gasteiger partial charge on any atom is 0.321 e. The highest BCUT2D eigenvalue weighted by molar-refractivity contribution is 7.21. The Labute approximate surface area is 143 Å². The Morgan fingerprint density at radius 1 is 1.29 bits per heavy atom. The molecule has 0 spiro atoms. The van der Waals surface area contributed by atoms with Crippen LogP contribution in [0.1, 0.15) is 5.56 Å². The van der Waals surface area contributed by atoms with Crippen molar-refractivity contribution in [3.05, 3.63) is 36.2 Å². The molecule has 3 aromatic rings. The second-order valence-electron chi connectivity index (χ2n) is 5.16. The van der Waals surface area contributed by atoms with Gasteiger partial charge < -0.3 is 10.1 Å². The number of ether oxygens (including phenoxy) is 1. The van der Waals surface area contributed by atoms with E-state index in [0.29, 0.717) is 18.3 Å². The average Bonchev–Trinajstić information content (AvgIpc) is 2.96. The monoisotopic (exact) mass is 343 g/mol. The van der Waals surface area contributed by atoms with Crippen molar-refractivity contribution < 1.29 is 9.53 Å². The van der Waals surface area contributed by atoms with E-state index in [-0.39, 0.29) is 6.03 Å². The summed E-state index contributed by atoms with van der Waals surface area (Å²) >= 11 is 1.33. The number of rotatable bonds is 5. The summed E-state index contributed by atoms with van der Waals surface area (Å²) in [5.74, 6) is 0. The lowest BCUT2D eigenvalue weighted by atomic mass is 10.1. The van der Waals surface area contributed by atoms with Crippen molar-refractivity contribution in [1.29, 1.82) is 0 Å². The van der Waals surface area contributed by atoms with Gasteiger partial charge in [-0.3, -0.25) is 10.3 Å². The number of aromatic nitrogens is 3. The standard InChI is InChI=1S/C16H17N5O2S/c1-10-7-11(9-17-8-10)12-3-4-13-14(19-12)24-16(20-13)21-15(22)18-5-6-23-2/h3-4,7-9H,5-6H2,1-2H3,(H2,18,20,21,22). The zero-order valence-corrected chi connectivity index (χ0v) is 14.2. The topological polar surface area (TPSA) is 89.0 Å². The fourth-order valence-corrected chi connectivity index (χ4v) is 2.97. The molecule has 2 N–H and O–H groups in total. The molecule has 24 heavy (non-hydrogen) atoms. The third kappa shape index (κ3) is 3.84. The van der Waals surface area contributed by atoms with Gasteiger partial charge in [0, 0.05) is 31.6 Å². The maximum absolute atomic E-state index is 11.8. The van der Waals surface area contributed by atoms with E-state index >= 15 is 0 Å². The molecule has 0 aliphatic heterocycles. The summed E-state index contributed by atoms with van der Waals surface area (Å²) in [5, 5.41) is 5.90. The highest BCUT2D eigenvalue weighted by Crippen LogP contribution is 2.27. The molecular weight excluding hydrogens is 326 g/mol. The minimum Gasteiger partial charge on any atom is -0.383 e. The lowest BCUT2D eigenvalue weighted by molar-refractivity contribution is 0.198. The molecule has 0 atom stereocenters. The number of pyridine rings is 2. The van der Waals surface area contributed by atoms with Crippen LogP contribution < -0.4 is 10.6 Å². The normalized spacial score (nSPS) is 10.8. The van der Waals surface area contributed by atoms with Crippen molar-refractivity contribution in [2.24, 2.45) is 0 Å². The van der Waals surface area contributed by atoms with E-state index in [1.54, 1.807) is 19.5 Å². The second-order valence-corrected chi connectivity index (χ2v) is 6.14. The SMILES string of the molecule is COCCNC(=O)Nc1nc2ccc(-c3cncc(C)c3)nc2s1. The number of hydrogen-bond acceptors (Lipinski definition) is 6. The molecule has 0 bridgehead atoms. The van der Waals surface area contributed by atoms with Crippen molar-refractivity contribution in [3.8, 4) is 11.3 Å². The van der Waals surface area contributed by atoms with Crippen molar-refractivity contribution in [3.63, 3.8) is 0 Å². The Hall–Kier alpha value is -2.58. The molecule has 0 saturated carbocycles. The number of fused-ring (bicyclic) bond motifs is 1. The lowest BCUT2D eigenvalue weighted by Gasteiger charge is -2.03. The van der Waals surface area contributed by atoms with Gasteiger partial charge in [0.15, 0.2) is 5.13 Å². The van der Waals surface area contributed by atoms with E-state index in [0.717, 1.165) is 27.2 Å². The number of thiazole rings is 1. The summed E-state index contributed by atoms with van der Waals surface area (Å²) in [7, 11) is 1.58. The number of carbonyl (C=O) groups is 1. The van der Waals surface area contributed by atoms with E-state index in [1.807, 2.05) is 25.1 Å². The summed E-state index contributed by atoms with van der Waals surface area (Å²) in [5.41, 5.74) is 3.61. The number of aryl methyl sites for hydroxylation is 1. The van der Waals surface area contributed by atoms with Gasteiger partial charge in [-0.15, -0.1) is 0 Å². The molecule has 0 aliphatic carbocycles. The third-order valence-electron chi connectivity index (χ3n) is 3.24. The number of nitrogens with one attached hydrogen (secondary N) is 2. The Bertz CT molecular complexity index is 865. The average molecular weight is 343 g/mol. The second kappa shape index (κ2) is 7.33. The Balaban J connectivity index is 1.78. The Morgan fingerprint density at radius 2 is 2.17 bits per heavy atom. The molecule has 3 heterocycles. The number of anilines is 1. The fraction of sp³-hybridized carbons (Fsp3) is 0.250. The first kappa shape index (κ1) is 16.3. The zero-order chi connectivity index (χ0) is 16.9. The highest BCUT2D eigenvalue weighted by atomic mass is 32.1. The van der Waals surface area contributed by atoms with Gasteiger partial charge in [0.05, 0.1) is 12.3 Å². The van der Waals surface area contributed by atoms with Crippen molar-refractivity contribution >= 4 is 32.8 Å². The number of nitrogens with zero attached hydrogens (tertiary/aromatic N) is 3. The van der Waals surface area contributed by atoms with Crippen molar-refractivity contribution in [2.45, 2.75) is 6.92 Å². The molecule has 124 valence electrons. The van der Waals surface area contributed by atoms with Crippen LogP contribution in [-0.2, 0) is 4.74 Å². The first-order chi connectivity index (χ1) is 11.7. The molecule has 0 saturated heterocycles. The van der Waals surface area contributed by atoms with Crippen LogP contribution in [0.3, 0.4) is 0 Å². The quantitative estimate of drug-likeness (QED) is 0.695. The largest absolute Gasteiger partial charge is 0.383 e. The first-order valence-electron chi connectivity index (χ1n) is 7.39. The molecule has 0 fully saturated rings.